The zero-order chi connectivity index (χ0) is 12.1. The summed E-state index contributed by atoms with van der Waals surface area (Å²) in [5.41, 5.74) is 7.52. The summed E-state index contributed by atoms with van der Waals surface area (Å²) >= 11 is 5.92. The van der Waals surface area contributed by atoms with Gasteiger partial charge in [-0.15, -0.1) is 0 Å². The molecule has 1 unspecified atom stereocenters. The van der Waals surface area contributed by atoms with Crippen molar-refractivity contribution in [3.63, 3.8) is 0 Å². The van der Waals surface area contributed by atoms with Gasteiger partial charge in [0.15, 0.2) is 0 Å². The van der Waals surface area contributed by atoms with E-state index in [0.717, 1.165) is 11.4 Å². The van der Waals surface area contributed by atoms with Crippen LogP contribution in [0.4, 0.5) is 5.69 Å². The highest BCUT2D eigenvalue weighted by atomic mass is 35.5. The van der Waals surface area contributed by atoms with Gasteiger partial charge < -0.3 is 11.1 Å². The van der Waals surface area contributed by atoms with Crippen molar-refractivity contribution in [3.05, 3.63) is 53.6 Å². The van der Waals surface area contributed by atoms with Crippen molar-refractivity contribution < 1.29 is 0 Å². The fourth-order valence-electron chi connectivity index (χ4n) is 1.54. The Labute approximate surface area is 105 Å². The molecule has 0 fully saturated rings. The predicted octanol–water partition coefficient (Wildman–Crippen LogP) is 2.24. The molecule has 4 nitrogen and oxygen atoms in total. The number of rotatable bonds is 4. The van der Waals surface area contributed by atoms with Crippen LogP contribution < -0.4 is 11.1 Å². The summed E-state index contributed by atoms with van der Waals surface area (Å²) in [4.78, 5) is 8.06. The van der Waals surface area contributed by atoms with Crippen LogP contribution in [0.1, 0.15) is 11.7 Å². The van der Waals surface area contributed by atoms with Crippen LogP contribution in [0.3, 0.4) is 0 Å². The van der Waals surface area contributed by atoms with Gasteiger partial charge in [0.1, 0.15) is 6.33 Å². The number of nitrogens with two attached hydrogens (primary N) is 1. The largest absolute Gasteiger partial charge is 0.375 e. The quantitative estimate of drug-likeness (QED) is 0.871. The number of halogens is 1. The van der Waals surface area contributed by atoms with Gasteiger partial charge >= 0.3 is 0 Å². The van der Waals surface area contributed by atoms with Gasteiger partial charge in [0.05, 0.1) is 11.7 Å². The van der Waals surface area contributed by atoms with Gasteiger partial charge in [0, 0.05) is 23.5 Å². The number of nitrogens with zero attached hydrogens (tertiary/aromatic N) is 2. The minimum Gasteiger partial charge on any atom is -0.375 e. The third kappa shape index (κ3) is 3.15. The van der Waals surface area contributed by atoms with E-state index in [9.17, 15) is 0 Å². The first-order valence-corrected chi connectivity index (χ1v) is 5.65. The van der Waals surface area contributed by atoms with Gasteiger partial charge in [-0.1, -0.05) is 17.7 Å². The minimum atomic E-state index is -0.0449. The Balaban J connectivity index is 2.16. The van der Waals surface area contributed by atoms with Gasteiger partial charge in [-0.2, -0.15) is 0 Å². The molecular formula is C12H13ClN4. The van der Waals surface area contributed by atoms with E-state index < -0.39 is 0 Å². The zero-order valence-corrected chi connectivity index (χ0v) is 9.93. The molecule has 2 rings (SSSR count). The third-order valence-electron chi connectivity index (χ3n) is 2.36. The molecule has 0 amide bonds. The fraction of sp³-hybridized carbons (Fsp3) is 0.167. The molecular weight excluding hydrogens is 236 g/mol. The lowest BCUT2D eigenvalue weighted by atomic mass is 10.2. The fourth-order valence-corrected chi connectivity index (χ4v) is 1.73. The van der Waals surface area contributed by atoms with Gasteiger partial charge in [-0.05, 0) is 24.3 Å². The smallest absolute Gasteiger partial charge is 0.115 e. The van der Waals surface area contributed by atoms with E-state index in [1.165, 1.54) is 6.33 Å². The molecule has 17 heavy (non-hydrogen) atoms. The molecule has 1 aromatic carbocycles. The van der Waals surface area contributed by atoms with Crippen molar-refractivity contribution >= 4 is 17.3 Å². The van der Waals surface area contributed by atoms with Crippen LogP contribution in [-0.2, 0) is 0 Å². The Morgan fingerprint density at radius 1 is 1.35 bits per heavy atom. The van der Waals surface area contributed by atoms with Crippen LogP contribution in [0.2, 0.25) is 5.02 Å². The van der Waals surface area contributed by atoms with E-state index in [-0.39, 0.29) is 6.04 Å². The van der Waals surface area contributed by atoms with Crippen molar-refractivity contribution in [2.24, 2.45) is 5.73 Å². The average molecular weight is 249 g/mol. The summed E-state index contributed by atoms with van der Waals surface area (Å²) in [6.45, 7) is 0.448. The Bertz CT molecular complexity index is 475. The van der Waals surface area contributed by atoms with Gasteiger partial charge in [-0.3, -0.25) is 0 Å². The molecule has 0 radical (unpaired) electrons. The van der Waals surface area contributed by atoms with Crippen molar-refractivity contribution in [2.45, 2.75) is 6.04 Å². The van der Waals surface area contributed by atoms with Crippen LogP contribution in [0.5, 0.6) is 0 Å². The summed E-state index contributed by atoms with van der Waals surface area (Å²) in [6.07, 6.45) is 3.21. The van der Waals surface area contributed by atoms with Crippen molar-refractivity contribution in [2.75, 3.05) is 11.9 Å². The topological polar surface area (TPSA) is 63.8 Å². The molecule has 5 heteroatoms. The molecule has 1 atom stereocenters. The molecule has 1 aromatic heterocycles. The summed E-state index contributed by atoms with van der Waals surface area (Å²) in [7, 11) is 0. The molecule has 0 saturated carbocycles. The van der Waals surface area contributed by atoms with Gasteiger partial charge in [-0.25, -0.2) is 9.97 Å². The Morgan fingerprint density at radius 3 is 2.88 bits per heavy atom. The van der Waals surface area contributed by atoms with Crippen molar-refractivity contribution in [1.82, 2.24) is 9.97 Å². The summed E-state index contributed by atoms with van der Waals surface area (Å²) in [6, 6.07) is 9.31. The van der Waals surface area contributed by atoms with Crippen LogP contribution in [0.15, 0.2) is 42.9 Å². The zero-order valence-electron chi connectivity index (χ0n) is 9.18. The third-order valence-corrected chi connectivity index (χ3v) is 2.60. The predicted molar refractivity (Wildman–Crippen MR) is 68.9 cm³/mol. The molecule has 0 bridgehead atoms. The monoisotopic (exact) mass is 248 g/mol. The number of aromatic nitrogens is 2. The lowest BCUT2D eigenvalue weighted by Crippen LogP contribution is -2.21. The molecule has 0 spiro atoms. The Morgan fingerprint density at radius 2 is 2.24 bits per heavy atom. The van der Waals surface area contributed by atoms with Crippen molar-refractivity contribution in [1.29, 1.82) is 0 Å². The Hall–Kier alpha value is -1.65. The number of hydrogen-bond acceptors (Lipinski definition) is 4. The second kappa shape index (κ2) is 5.61. The molecule has 1 heterocycles. The number of hydrogen-bond donors (Lipinski definition) is 2. The highest BCUT2D eigenvalue weighted by Crippen LogP contribution is 2.19. The molecule has 0 aliphatic rings. The first-order chi connectivity index (χ1) is 8.29. The van der Waals surface area contributed by atoms with Crippen LogP contribution in [0.25, 0.3) is 0 Å². The number of anilines is 1. The molecule has 88 valence electrons. The highest BCUT2D eigenvalue weighted by Gasteiger charge is 2.10. The molecule has 0 aliphatic carbocycles. The van der Waals surface area contributed by atoms with E-state index in [1.54, 1.807) is 6.20 Å². The first-order valence-electron chi connectivity index (χ1n) is 5.27. The Kier molecular flexibility index (Phi) is 3.90. The minimum absolute atomic E-state index is 0.0449. The number of nitrogens with one attached hydrogen (secondary N) is 1. The SMILES string of the molecule is NCC(Nc1cccc(Cl)c1)c1ccncn1. The van der Waals surface area contributed by atoms with E-state index in [2.05, 4.69) is 15.3 Å². The van der Waals surface area contributed by atoms with E-state index in [4.69, 9.17) is 17.3 Å². The number of benzene rings is 1. The van der Waals surface area contributed by atoms with E-state index in [0.29, 0.717) is 11.6 Å². The normalized spacial score (nSPS) is 12.1. The molecule has 0 saturated heterocycles. The van der Waals surface area contributed by atoms with Crippen LogP contribution in [0, 0.1) is 0 Å². The second-order valence-corrected chi connectivity index (χ2v) is 4.01. The summed E-state index contributed by atoms with van der Waals surface area (Å²) in [5, 5.41) is 3.97. The first kappa shape index (κ1) is 11.8. The second-order valence-electron chi connectivity index (χ2n) is 3.58. The van der Waals surface area contributed by atoms with Crippen molar-refractivity contribution in [3.8, 4) is 0 Å². The lowest BCUT2D eigenvalue weighted by molar-refractivity contribution is 0.755. The van der Waals surface area contributed by atoms with Crippen LogP contribution >= 0.6 is 11.6 Å². The lowest BCUT2D eigenvalue weighted by Gasteiger charge is -2.17. The van der Waals surface area contributed by atoms with Gasteiger partial charge in [0.2, 0.25) is 0 Å². The maximum Gasteiger partial charge on any atom is 0.115 e. The highest BCUT2D eigenvalue weighted by molar-refractivity contribution is 6.30. The average Bonchev–Trinajstić information content (AvgIpc) is 2.37. The molecule has 0 aliphatic heterocycles. The summed E-state index contributed by atoms with van der Waals surface area (Å²) < 4.78 is 0. The maximum absolute atomic E-state index is 5.92. The van der Waals surface area contributed by atoms with Crippen LogP contribution in [-0.4, -0.2) is 16.5 Å². The summed E-state index contributed by atoms with van der Waals surface area (Å²) in [5.74, 6) is 0. The van der Waals surface area contributed by atoms with E-state index >= 15 is 0 Å². The molecule has 3 N–H and O–H groups in total. The van der Waals surface area contributed by atoms with Gasteiger partial charge in [0.25, 0.3) is 0 Å². The standard InChI is InChI=1S/C12H13ClN4/c13-9-2-1-3-10(6-9)17-12(7-14)11-4-5-15-8-16-11/h1-6,8,12,17H,7,14H2. The van der Waals surface area contributed by atoms with E-state index in [1.807, 2.05) is 30.3 Å². The molecule has 2 aromatic rings. The maximum atomic E-state index is 5.92.